The average molecular weight is 350 g/mol. The Morgan fingerprint density at radius 1 is 1.08 bits per heavy atom. The summed E-state index contributed by atoms with van der Waals surface area (Å²) in [6.45, 7) is 0.946. The molecule has 0 saturated heterocycles. The van der Waals surface area contributed by atoms with E-state index in [0.717, 1.165) is 55.6 Å². The van der Waals surface area contributed by atoms with Crippen LogP contribution in [0.3, 0.4) is 0 Å². The fraction of sp³-hybridized carbons (Fsp3) is 0.429. The first-order valence-electron chi connectivity index (χ1n) is 9.35. The molecule has 0 unspecified atom stereocenters. The van der Waals surface area contributed by atoms with Crippen molar-refractivity contribution in [2.24, 2.45) is 7.05 Å². The molecule has 0 amide bonds. The van der Waals surface area contributed by atoms with Gasteiger partial charge in [-0.05, 0) is 56.5 Å². The molecule has 5 heteroatoms. The van der Waals surface area contributed by atoms with Crippen molar-refractivity contribution in [3.63, 3.8) is 0 Å². The monoisotopic (exact) mass is 350 g/mol. The minimum absolute atomic E-state index is 0.0646. The van der Waals surface area contributed by atoms with E-state index in [1.54, 1.807) is 0 Å². The molecule has 3 aromatic rings. The minimum atomic E-state index is 0.0646. The molecule has 0 atom stereocenters. The Balaban J connectivity index is 1.74. The number of aromatic amines is 1. The number of rotatable bonds is 4. The zero-order valence-electron chi connectivity index (χ0n) is 15.8. The molecule has 0 aliphatic heterocycles. The van der Waals surface area contributed by atoms with Crippen molar-refractivity contribution in [3.05, 3.63) is 62.6 Å². The van der Waals surface area contributed by atoms with E-state index in [1.807, 2.05) is 11.7 Å². The molecule has 136 valence electrons. The first kappa shape index (κ1) is 17.0. The van der Waals surface area contributed by atoms with Crippen molar-refractivity contribution in [2.75, 3.05) is 14.1 Å². The summed E-state index contributed by atoms with van der Waals surface area (Å²) in [7, 11) is 6.08. The van der Waals surface area contributed by atoms with E-state index < -0.39 is 0 Å². The minimum Gasteiger partial charge on any atom is -0.307 e. The van der Waals surface area contributed by atoms with Gasteiger partial charge >= 0.3 is 0 Å². The first-order chi connectivity index (χ1) is 12.5. The SMILES string of the molecule is CN(C)Cc1ccc(Cc2nn(C)c3[nH]c(=O)c4c(c23)CCCC4)cc1. The van der Waals surface area contributed by atoms with Crippen molar-refractivity contribution in [1.82, 2.24) is 19.7 Å². The molecule has 0 fully saturated rings. The van der Waals surface area contributed by atoms with Gasteiger partial charge < -0.3 is 9.88 Å². The molecule has 0 bridgehead atoms. The number of aromatic nitrogens is 3. The average Bonchev–Trinajstić information content (AvgIpc) is 2.92. The molecule has 4 rings (SSSR count). The number of hydrogen-bond acceptors (Lipinski definition) is 3. The van der Waals surface area contributed by atoms with Crippen LogP contribution >= 0.6 is 0 Å². The van der Waals surface area contributed by atoms with Crippen LogP contribution in [0.2, 0.25) is 0 Å². The normalized spacial score (nSPS) is 14.2. The highest BCUT2D eigenvalue weighted by Gasteiger charge is 2.21. The zero-order valence-corrected chi connectivity index (χ0v) is 15.8. The molecule has 2 heterocycles. The number of hydrogen-bond donors (Lipinski definition) is 1. The van der Waals surface area contributed by atoms with E-state index in [2.05, 4.69) is 48.2 Å². The smallest absolute Gasteiger partial charge is 0.253 e. The fourth-order valence-electron chi connectivity index (χ4n) is 4.10. The number of benzene rings is 1. The van der Waals surface area contributed by atoms with Crippen LogP contribution in [0.15, 0.2) is 29.1 Å². The van der Waals surface area contributed by atoms with Gasteiger partial charge in [0.05, 0.1) is 5.69 Å². The number of pyridine rings is 1. The first-order valence-corrected chi connectivity index (χ1v) is 9.35. The van der Waals surface area contributed by atoms with Crippen LogP contribution < -0.4 is 5.56 Å². The second kappa shape index (κ2) is 6.72. The summed E-state index contributed by atoms with van der Waals surface area (Å²) in [5.74, 6) is 0. The van der Waals surface area contributed by atoms with E-state index in [4.69, 9.17) is 5.10 Å². The van der Waals surface area contributed by atoms with E-state index in [0.29, 0.717) is 0 Å². The summed E-state index contributed by atoms with van der Waals surface area (Å²) >= 11 is 0. The van der Waals surface area contributed by atoms with Gasteiger partial charge in [0.2, 0.25) is 0 Å². The Hall–Kier alpha value is -2.40. The third-order valence-corrected chi connectivity index (χ3v) is 5.29. The van der Waals surface area contributed by atoms with Gasteiger partial charge in [-0.1, -0.05) is 24.3 Å². The topological polar surface area (TPSA) is 53.9 Å². The molecule has 26 heavy (non-hydrogen) atoms. The number of nitrogens with one attached hydrogen (secondary N) is 1. The molecule has 0 saturated carbocycles. The van der Waals surface area contributed by atoms with Crippen LogP contribution in [0.1, 0.15) is 40.8 Å². The van der Waals surface area contributed by atoms with Gasteiger partial charge in [0, 0.05) is 31.0 Å². The van der Waals surface area contributed by atoms with Crippen LogP contribution in [0.4, 0.5) is 0 Å². The number of aryl methyl sites for hydroxylation is 2. The molecular formula is C21H26N4O. The van der Waals surface area contributed by atoms with Crippen LogP contribution in [0.25, 0.3) is 11.0 Å². The summed E-state index contributed by atoms with van der Waals surface area (Å²) < 4.78 is 1.82. The molecule has 0 spiro atoms. The summed E-state index contributed by atoms with van der Waals surface area (Å²) in [5, 5.41) is 5.91. The standard InChI is InChI=1S/C21H26N4O/c1-24(2)13-15-10-8-14(9-11-15)12-18-19-16-6-4-5-7-17(16)21(26)22-20(19)25(3)23-18/h8-11H,4-7,12-13H2,1-3H3,(H,22,26). The lowest BCUT2D eigenvalue weighted by Gasteiger charge is -2.16. The van der Waals surface area contributed by atoms with Crippen molar-refractivity contribution >= 4 is 11.0 Å². The van der Waals surface area contributed by atoms with Crippen LogP contribution in [-0.2, 0) is 32.9 Å². The number of fused-ring (bicyclic) bond motifs is 3. The summed E-state index contributed by atoms with van der Waals surface area (Å²) in [6.07, 6.45) is 4.91. The Labute approximate surface area is 153 Å². The predicted octanol–water partition coefficient (Wildman–Crippen LogP) is 2.79. The molecule has 2 aromatic heterocycles. The van der Waals surface area contributed by atoms with Crippen molar-refractivity contribution < 1.29 is 0 Å². The van der Waals surface area contributed by atoms with Gasteiger partial charge in [0.25, 0.3) is 5.56 Å². The Morgan fingerprint density at radius 3 is 2.42 bits per heavy atom. The summed E-state index contributed by atoms with van der Waals surface area (Å²) in [6, 6.07) is 8.77. The quantitative estimate of drug-likeness (QED) is 0.787. The maximum Gasteiger partial charge on any atom is 0.253 e. The molecule has 1 aliphatic rings. The van der Waals surface area contributed by atoms with E-state index in [-0.39, 0.29) is 5.56 Å². The van der Waals surface area contributed by atoms with Crippen LogP contribution in [0.5, 0.6) is 0 Å². The third kappa shape index (κ3) is 3.07. The molecule has 1 aromatic carbocycles. The van der Waals surface area contributed by atoms with E-state index in [9.17, 15) is 4.79 Å². The zero-order chi connectivity index (χ0) is 18.3. The second-order valence-corrected chi connectivity index (χ2v) is 7.64. The van der Waals surface area contributed by atoms with Crippen molar-refractivity contribution in [2.45, 2.75) is 38.6 Å². The van der Waals surface area contributed by atoms with Crippen LogP contribution in [0, 0.1) is 0 Å². The molecule has 1 N–H and O–H groups in total. The Bertz CT molecular complexity index is 996. The number of nitrogens with zero attached hydrogens (tertiary/aromatic N) is 3. The van der Waals surface area contributed by atoms with Gasteiger partial charge in [-0.3, -0.25) is 9.48 Å². The summed E-state index contributed by atoms with van der Waals surface area (Å²) in [5.41, 5.74) is 6.75. The lowest BCUT2D eigenvalue weighted by atomic mass is 9.89. The predicted molar refractivity (Wildman–Crippen MR) is 105 cm³/mol. The highest BCUT2D eigenvalue weighted by atomic mass is 16.1. The molecule has 0 radical (unpaired) electrons. The van der Waals surface area contributed by atoms with E-state index >= 15 is 0 Å². The van der Waals surface area contributed by atoms with Crippen molar-refractivity contribution in [1.29, 1.82) is 0 Å². The third-order valence-electron chi connectivity index (χ3n) is 5.29. The van der Waals surface area contributed by atoms with Gasteiger partial charge in [0.1, 0.15) is 5.65 Å². The Kier molecular flexibility index (Phi) is 4.41. The van der Waals surface area contributed by atoms with Gasteiger partial charge in [0.15, 0.2) is 0 Å². The van der Waals surface area contributed by atoms with Gasteiger partial charge in [-0.2, -0.15) is 5.10 Å². The highest BCUT2D eigenvalue weighted by molar-refractivity contribution is 5.84. The van der Waals surface area contributed by atoms with Crippen LogP contribution in [-0.4, -0.2) is 33.8 Å². The largest absolute Gasteiger partial charge is 0.307 e. The maximum absolute atomic E-state index is 12.4. The molecule has 1 aliphatic carbocycles. The van der Waals surface area contributed by atoms with Gasteiger partial charge in [-0.15, -0.1) is 0 Å². The van der Waals surface area contributed by atoms with E-state index in [1.165, 1.54) is 22.1 Å². The van der Waals surface area contributed by atoms with Crippen molar-refractivity contribution in [3.8, 4) is 0 Å². The highest BCUT2D eigenvalue weighted by Crippen LogP contribution is 2.29. The summed E-state index contributed by atoms with van der Waals surface area (Å²) in [4.78, 5) is 17.7. The fourth-order valence-corrected chi connectivity index (χ4v) is 4.10. The lowest BCUT2D eigenvalue weighted by Crippen LogP contribution is -2.19. The second-order valence-electron chi connectivity index (χ2n) is 7.64. The number of H-pyrrole nitrogens is 1. The molecular weight excluding hydrogens is 324 g/mol. The van der Waals surface area contributed by atoms with Gasteiger partial charge in [-0.25, -0.2) is 0 Å². The Morgan fingerprint density at radius 2 is 1.73 bits per heavy atom. The molecule has 5 nitrogen and oxygen atoms in total. The maximum atomic E-state index is 12.4. The lowest BCUT2D eigenvalue weighted by molar-refractivity contribution is 0.402.